The van der Waals surface area contributed by atoms with Crippen LogP contribution in [0, 0.1) is 11.8 Å². The lowest BCUT2D eigenvalue weighted by Crippen LogP contribution is -2.11. The third-order valence-electron chi connectivity index (χ3n) is 2.43. The Kier molecular flexibility index (Phi) is 10.1. The maximum Gasteiger partial charge on any atom is 0.232 e. The fraction of sp³-hybridized carbons (Fsp3) is 1.00. The Hall–Kier alpha value is 0.160. The monoisotopic (exact) mass is 300 g/mol. The third kappa shape index (κ3) is 14.2. The third-order valence-corrected chi connectivity index (χ3v) is 3.62. The van der Waals surface area contributed by atoms with E-state index in [1.807, 2.05) is 6.92 Å². The second-order valence-electron chi connectivity index (χ2n) is 5.01. The minimum absolute atomic E-state index is 0.0349. The molecule has 0 aliphatic carbocycles. The van der Waals surface area contributed by atoms with Gasteiger partial charge in [-0.1, -0.05) is 20.8 Å². The van der Waals surface area contributed by atoms with E-state index < -0.39 is 9.05 Å². The van der Waals surface area contributed by atoms with E-state index in [0.29, 0.717) is 38.1 Å². The van der Waals surface area contributed by atoms with Crippen molar-refractivity contribution in [2.75, 3.05) is 32.2 Å². The van der Waals surface area contributed by atoms with Gasteiger partial charge in [0.1, 0.15) is 0 Å². The molecule has 0 saturated heterocycles. The molecule has 110 valence electrons. The van der Waals surface area contributed by atoms with Gasteiger partial charge in [0.2, 0.25) is 9.05 Å². The molecule has 0 bridgehead atoms. The molecule has 4 nitrogen and oxygen atoms in total. The van der Waals surface area contributed by atoms with Gasteiger partial charge >= 0.3 is 0 Å². The summed E-state index contributed by atoms with van der Waals surface area (Å²) in [4.78, 5) is 0. The van der Waals surface area contributed by atoms with Gasteiger partial charge in [0, 0.05) is 23.9 Å². The van der Waals surface area contributed by atoms with Gasteiger partial charge in [-0.05, 0) is 24.7 Å². The van der Waals surface area contributed by atoms with Gasteiger partial charge in [0.25, 0.3) is 0 Å². The van der Waals surface area contributed by atoms with Gasteiger partial charge < -0.3 is 9.47 Å². The molecule has 0 fully saturated rings. The molecular weight excluding hydrogens is 276 g/mol. The number of rotatable bonds is 11. The highest BCUT2D eigenvalue weighted by Gasteiger charge is 2.09. The van der Waals surface area contributed by atoms with Crippen LogP contribution in [0.1, 0.15) is 33.6 Å². The number of ether oxygens (including phenoxy) is 2. The van der Waals surface area contributed by atoms with Crippen molar-refractivity contribution in [3.05, 3.63) is 0 Å². The summed E-state index contributed by atoms with van der Waals surface area (Å²) in [5.41, 5.74) is 0. The molecule has 0 N–H and O–H groups in total. The maximum absolute atomic E-state index is 10.8. The van der Waals surface area contributed by atoms with Crippen LogP contribution in [0.2, 0.25) is 0 Å². The summed E-state index contributed by atoms with van der Waals surface area (Å²) >= 11 is 0. The SMILES string of the molecule is CC(C)COCCOCCC(C)CCS(=O)(=O)Cl. The average Bonchev–Trinajstić information content (AvgIpc) is 2.23. The minimum Gasteiger partial charge on any atom is -0.379 e. The van der Waals surface area contributed by atoms with E-state index >= 15 is 0 Å². The Morgan fingerprint density at radius 3 is 2.17 bits per heavy atom. The molecule has 0 rings (SSSR count). The largest absolute Gasteiger partial charge is 0.379 e. The zero-order chi connectivity index (χ0) is 14.0. The minimum atomic E-state index is -3.36. The molecule has 0 aromatic heterocycles. The van der Waals surface area contributed by atoms with E-state index in [9.17, 15) is 8.42 Å². The summed E-state index contributed by atoms with van der Waals surface area (Å²) in [6.07, 6.45) is 1.43. The van der Waals surface area contributed by atoms with Crippen LogP contribution >= 0.6 is 10.7 Å². The van der Waals surface area contributed by atoms with Crippen LogP contribution in [0.3, 0.4) is 0 Å². The van der Waals surface area contributed by atoms with Crippen LogP contribution in [-0.4, -0.2) is 40.6 Å². The zero-order valence-corrected chi connectivity index (χ0v) is 13.1. The van der Waals surface area contributed by atoms with Crippen LogP contribution in [-0.2, 0) is 18.5 Å². The Balaban J connectivity index is 3.33. The number of hydrogen-bond donors (Lipinski definition) is 0. The first-order chi connectivity index (χ1) is 8.31. The number of halogens is 1. The lowest BCUT2D eigenvalue weighted by molar-refractivity contribution is 0.0341. The highest BCUT2D eigenvalue weighted by atomic mass is 35.7. The van der Waals surface area contributed by atoms with Crippen molar-refractivity contribution in [2.24, 2.45) is 11.8 Å². The second-order valence-corrected chi connectivity index (χ2v) is 7.90. The highest BCUT2D eigenvalue weighted by Crippen LogP contribution is 2.11. The molecule has 0 heterocycles. The first-order valence-corrected chi connectivity index (χ1v) is 8.87. The average molecular weight is 301 g/mol. The van der Waals surface area contributed by atoms with Gasteiger partial charge in [0.15, 0.2) is 0 Å². The zero-order valence-electron chi connectivity index (χ0n) is 11.5. The predicted octanol–water partition coefficient (Wildman–Crippen LogP) is 2.66. The van der Waals surface area contributed by atoms with Crippen LogP contribution < -0.4 is 0 Å². The molecule has 0 aliphatic rings. The van der Waals surface area contributed by atoms with Crippen molar-refractivity contribution in [3.63, 3.8) is 0 Å². The molecule has 6 heteroatoms. The molecule has 0 aliphatic heterocycles. The van der Waals surface area contributed by atoms with E-state index in [0.717, 1.165) is 13.0 Å². The van der Waals surface area contributed by atoms with Gasteiger partial charge in [-0.15, -0.1) is 0 Å². The summed E-state index contributed by atoms with van der Waals surface area (Å²) in [5, 5.41) is 0. The van der Waals surface area contributed by atoms with Crippen molar-refractivity contribution in [1.29, 1.82) is 0 Å². The molecule has 1 atom stereocenters. The lowest BCUT2D eigenvalue weighted by Gasteiger charge is -2.11. The predicted molar refractivity (Wildman–Crippen MR) is 74.5 cm³/mol. The lowest BCUT2D eigenvalue weighted by atomic mass is 10.1. The Morgan fingerprint density at radius 1 is 1.00 bits per heavy atom. The topological polar surface area (TPSA) is 52.6 Å². The van der Waals surface area contributed by atoms with Crippen molar-refractivity contribution in [2.45, 2.75) is 33.6 Å². The highest BCUT2D eigenvalue weighted by molar-refractivity contribution is 8.13. The van der Waals surface area contributed by atoms with Gasteiger partial charge in [-0.25, -0.2) is 8.42 Å². The quantitative estimate of drug-likeness (QED) is 0.435. The Labute approximate surface area is 115 Å². The van der Waals surface area contributed by atoms with Crippen molar-refractivity contribution in [1.82, 2.24) is 0 Å². The molecule has 0 aromatic rings. The normalized spacial score (nSPS) is 14.1. The molecule has 0 amide bonds. The fourth-order valence-electron chi connectivity index (χ4n) is 1.31. The smallest absolute Gasteiger partial charge is 0.232 e. The van der Waals surface area contributed by atoms with Crippen LogP contribution in [0.4, 0.5) is 0 Å². The van der Waals surface area contributed by atoms with Gasteiger partial charge in [0.05, 0.1) is 19.0 Å². The first-order valence-electron chi connectivity index (χ1n) is 6.39. The summed E-state index contributed by atoms with van der Waals surface area (Å²) < 4.78 is 32.3. The van der Waals surface area contributed by atoms with Crippen LogP contribution in [0.25, 0.3) is 0 Å². The van der Waals surface area contributed by atoms with Crippen LogP contribution in [0.15, 0.2) is 0 Å². The van der Waals surface area contributed by atoms with Crippen molar-refractivity contribution < 1.29 is 17.9 Å². The van der Waals surface area contributed by atoms with Crippen molar-refractivity contribution >= 4 is 19.7 Å². The van der Waals surface area contributed by atoms with E-state index in [1.54, 1.807) is 0 Å². The van der Waals surface area contributed by atoms with Crippen LogP contribution in [0.5, 0.6) is 0 Å². The molecule has 18 heavy (non-hydrogen) atoms. The number of hydrogen-bond acceptors (Lipinski definition) is 4. The van der Waals surface area contributed by atoms with E-state index in [1.165, 1.54) is 0 Å². The molecule has 0 spiro atoms. The molecule has 1 unspecified atom stereocenters. The second kappa shape index (κ2) is 10.0. The Morgan fingerprint density at radius 2 is 1.61 bits per heavy atom. The molecule has 0 aromatic carbocycles. The summed E-state index contributed by atoms with van der Waals surface area (Å²) in [5.74, 6) is 0.880. The molecular formula is C12H25ClO4S. The molecule has 0 saturated carbocycles. The van der Waals surface area contributed by atoms with Gasteiger partial charge in [-0.2, -0.15) is 0 Å². The van der Waals surface area contributed by atoms with E-state index in [2.05, 4.69) is 13.8 Å². The summed E-state index contributed by atoms with van der Waals surface area (Å²) in [7, 11) is 1.79. The summed E-state index contributed by atoms with van der Waals surface area (Å²) in [6.45, 7) is 8.80. The van der Waals surface area contributed by atoms with E-state index in [4.69, 9.17) is 20.2 Å². The van der Waals surface area contributed by atoms with E-state index in [-0.39, 0.29) is 5.75 Å². The first kappa shape index (κ1) is 18.2. The molecule has 0 radical (unpaired) electrons. The van der Waals surface area contributed by atoms with Gasteiger partial charge in [-0.3, -0.25) is 0 Å². The maximum atomic E-state index is 10.8. The fourth-order valence-corrected chi connectivity index (χ4v) is 2.26. The summed E-state index contributed by atoms with van der Waals surface area (Å²) in [6, 6.07) is 0. The van der Waals surface area contributed by atoms with Crippen molar-refractivity contribution in [3.8, 4) is 0 Å². The standard InChI is InChI=1S/C12H25ClO4S/c1-11(2)10-17-8-7-16-6-4-12(3)5-9-18(13,14)15/h11-12H,4-10H2,1-3H3. The Bertz CT molecular complexity index is 290.